The second kappa shape index (κ2) is 14.3. The molecular weight excluding hydrogens is 681 g/mol. The molecule has 0 unspecified atom stereocenters. The van der Waals surface area contributed by atoms with Gasteiger partial charge in [0.1, 0.15) is 0 Å². The second-order valence-electron chi connectivity index (χ2n) is 13.9. The van der Waals surface area contributed by atoms with Gasteiger partial charge in [0, 0.05) is 33.2 Å². The highest BCUT2D eigenvalue weighted by molar-refractivity contribution is 6.18. The molecule has 2 heterocycles. The number of fused-ring (bicyclic) bond motifs is 3. The Morgan fingerprint density at radius 1 is 0.268 bits per heavy atom. The maximum Gasteiger partial charge on any atom is 0.164 e. The lowest BCUT2D eigenvalue weighted by molar-refractivity contribution is 1.07. The summed E-state index contributed by atoms with van der Waals surface area (Å²) in [5.74, 6) is 1.92. The average Bonchev–Trinajstić information content (AvgIpc) is 3.29. The van der Waals surface area contributed by atoms with E-state index in [1.54, 1.807) is 0 Å². The molecule has 8 aromatic carbocycles. The van der Waals surface area contributed by atoms with E-state index in [9.17, 15) is 0 Å². The van der Waals surface area contributed by atoms with Gasteiger partial charge in [-0.15, -0.1) is 0 Å². The molecule has 10 aromatic rings. The molecule has 0 atom stereocenters. The molecule has 0 saturated carbocycles. The summed E-state index contributed by atoms with van der Waals surface area (Å²) in [6.45, 7) is 0. The van der Waals surface area contributed by atoms with Gasteiger partial charge >= 0.3 is 0 Å². The quantitative estimate of drug-likeness (QED) is 0.154. The molecule has 0 fully saturated rings. The van der Waals surface area contributed by atoms with Crippen LogP contribution in [0.2, 0.25) is 0 Å². The van der Waals surface area contributed by atoms with Gasteiger partial charge in [0.25, 0.3) is 0 Å². The Balaban J connectivity index is 1.09. The van der Waals surface area contributed by atoms with Crippen LogP contribution in [0.25, 0.3) is 100 Å². The number of hydrogen-bond acceptors (Lipinski definition) is 4. The highest BCUT2D eigenvalue weighted by atomic mass is 15.0. The average molecular weight is 715 g/mol. The van der Waals surface area contributed by atoms with Crippen molar-refractivity contribution in [2.45, 2.75) is 0 Å². The molecule has 0 amide bonds. The van der Waals surface area contributed by atoms with E-state index < -0.39 is 0 Å². The monoisotopic (exact) mass is 714 g/mol. The first kappa shape index (κ1) is 33.0. The predicted octanol–water partition coefficient (Wildman–Crippen LogP) is 13.2. The molecule has 10 rings (SSSR count). The first-order valence-electron chi connectivity index (χ1n) is 18.8. The van der Waals surface area contributed by atoms with Crippen LogP contribution in [0.4, 0.5) is 0 Å². The minimum absolute atomic E-state index is 0.633. The van der Waals surface area contributed by atoms with Crippen molar-refractivity contribution in [1.29, 1.82) is 0 Å². The highest BCUT2D eigenvalue weighted by Gasteiger charge is 2.18. The van der Waals surface area contributed by atoms with Crippen molar-refractivity contribution in [3.63, 3.8) is 0 Å². The van der Waals surface area contributed by atoms with Crippen LogP contribution in [0.15, 0.2) is 206 Å². The third-order valence-corrected chi connectivity index (χ3v) is 10.3. The highest BCUT2D eigenvalue weighted by Crippen LogP contribution is 2.41. The molecule has 262 valence electrons. The zero-order valence-corrected chi connectivity index (χ0v) is 30.4. The van der Waals surface area contributed by atoms with Crippen LogP contribution >= 0.6 is 0 Å². The zero-order valence-electron chi connectivity index (χ0n) is 30.4. The SMILES string of the molecule is c1ccc(-c2cc(-c3ccccc3)c3c(n2)c(-c2ccc(-c4cccc(-c5nc(-c6ccccc6)nc(-c6ccccc6)n5)c4)cc2)cc2ccccc23)cc1. The predicted molar refractivity (Wildman–Crippen MR) is 231 cm³/mol. The van der Waals surface area contributed by atoms with Gasteiger partial charge in [-0.1, -0.05) is 188 Å². The van der Waals surface area contributed by atoms with Crippen LogP contribution in [0.5, 0.6) is 0 Å². The Kier molecular flexibility index (Phi) is 8.47. The van der Waals surface area contributed by atoms with Gasteiger partial charge in [-0.2, -0.15) is 0 Å². The third kappa shape index (κ3) is 6.29. The Labute approximate surface area is 325 Å². The van der Waals surface area contributed by atoms with Crippen LogP contribution in [0.3, 0.4) is 0 Å². The molecule has 0 bridgehead atoms. The number of aromatic nitrogens is 4. The largest absolute Gasteiger partial charge is 0.247 e. The van der Waals surface area contributed by atoms with Gasteiger partial charge in [0.15, 0.2) is 17.5 Å². The number of nitrogens with zero attached hydrogens (tertiary/aromatic N) is 4. The number of hydrogen-bond donors (Lipinski definition) is 0. The minimum Gasteiger partial charge on any atom is -0.247 e. The van der Waals surface area contributed by atoms with Crippen molar-refractivity contribution < 1.29 is 0 Å². The third-order valence-electron chi connectivity index (χ3n) is 10.3. The number of rotatable bonds is 7. The summed E-state index contributed by atoms with van der Waals surface area (Å²) in [6.07, 6.45) is 0. The molecule has 0 aliphatic rings. The van der Waals surface area contributed by atoms with E-state index in [0.717, 1.165) is 61.1 Å². The fraction of sp³-hybridized carbons (Fsp3) is 0. The van der Waals surface area contributed by atoms with Crippen LogP contribution in [0.1, 0.15) is 0 Å². The summed E-state index contributed by atoms with van der Waals surface area (Å²) in [5, 5.41) is 3.53. The standard InChI is InChI=1S/C52H34N4/c1-5-16-36(17-6-1)45-34-47(38-18-7-2-8-19-38)53-49-46(33-42-24-13-14-27-44(42)48(45)49)37-30-28-35(29-31-37)41-25-15-26-43(32-41)52-55-50(39-20-9-3-10-21-39)54-51(56-52)40-22-11-4-12-23-40/h1-34H. The zero-order chi connectivity index (χ0) is 37.3. The molecule has 0 aliphatic heterocycles. The molecule has 0 aliphatic carbocycles. The lowest BCUT2D eigenvalue weighted by atomic mass is 9.90. The lowest BCUT2D eigenvalue weighted by Gasteiger charge is -2.17. The van der Waals surface area contributed by atoms with Crippen molar-refractivity contribution in [1.82, 2.24) is 19.9 Å². The Hall–Kier alpha value is -7.56. The van der Waals surface area contributed by atoms with Crippen molar-refractivity contribution in [3.8, 4) is 78.8 Å². The van der Waals surface area contributed by atoms with E-state index >= 15 is 0 Å². The number of benzene rings is 8. The van der Waals surface area contributed by atoms with Crippen molar-refractivity contribution in [3.05, 3.63) is 206 Å². The molecule has 56 heavy (non-hydrogen) atoms. The van der Waals surface area contributed by atoms with Crippen LogP contribution in [-0.4, -0.2) is 19.9 Å². The minimum atomic E-state index is 0.633. The van der Waals surface area contributed by atoms with Gasteiger partial charge < -0.3 is 0 Å². The summed E-state index contributed by atoms with van der Waals surface area (Å²) in [6, 6.07) is 71.7. The Morgan fingerprint density at radius 3 is 1.36 bits per heavy atom. The van der Waals surface area contributed by atoms with E-state index in [4.69, 9.17) is 19.9 Å². The molecule has 0 radical (unpaired) electrons. The molecule has 0 spiro atoms. The van der Waals surface area contributed by atoms with Crippen molar-refractivity contribution in [2.75, 3.05) is 0 Å². The fourth-order valence-electron chi connectivity index (χ4n) is 7.53. The molecule has 0 saturated heterocycles. The van der Waals surface area contributed by atoms with E-state index in [0.29, 0.717) is 17.5 Å². The Bertz CT molecular complexity index is 2930. The van der Waals surface area contributed by atoms with Gasteiger partial charge in [0.05, 0.1) is 11.2 Å². The summed E-state index contributed by atoms with van der Waals surface area (Å²) < 4.78 is 0. The van der Waals surface area contributed by atoms with Gasteiger partial charge in [0.2, 0.25) is 0 Å². The molecule has 0 N–H and O–H groups in total. The normalized spacial score (nSPS) is 11.2. The maximum absolute atomic E-state index is 5.42. The maximum atomic E-state index is 5.42. The van der Waals surface area contributed by atoms with Crippen molar-refractivity contribution >= 4 is 21.7 Å². The van der Waals surface area contributed by atoms with E-state index in [1.165, 1.54) is 21.9 Å². The topological polar surface area (TPSA) is 51.6 Å². The lowest BCUT2D eigenvalue weighted by Crippen LogP contribution is -2.00. The molecule has 2 aromatic heterocycles. The molecule has 4 heteroatoms. The second-order valence-corrected chi connectivity index (χ2v) is 13.9. The van der Waals surface area contributed by atoms with E-state index in [1.807, 2.05) is 66.7 Å². The fourth-order valence-corrected chi connectivity index (χ4v) is 7.53. The Morgan fingerprint density at radius 2 is 0.732 bits per heavy atom. The summed E-state index contributed by atoms with van der Waals surface area (Å²) in [7, 11) is 0. The van der Waals surface area contributed by atoms with Crippen molar-refractivity contribution in [2.24, 2.45) is 0 Å². The summed E-state index contributed by atoms with van der Waals surface area (Å²) >= 11 is 0. The van der Waals surface area contributed by atoms with Gasteiger partial charge in [-0.05, 0) is 56.8 Å². The van der Waals surface area contributed by atoms with Crippen LogP contribution in [-0.2, 0) is 0 Å². The first-order valence-corrected chi connectivity index (χ1v) is 18.8. The van der Waals surface area contributed by atoms with Crippen LogP contribution < -0.4 is 0 Å². The van der Waals surface area contributed by atoms with Gasteiger partial charge in [-0.25, -0.2) is 19.9 Å². The number of pyridine rings is 1. The first-order chi connectivity index (χ1) is 27.7. The van der Waals surface area contributed by atoms with E-state index in [-0.39, 0.29) is 0 Å². The van der Waals surface area contributed by atoms with Gasteiger partial charge in [-0.3, -0.25) is 0 Å². The smallest absolute Gasteiger partial charge is 0.164 e. The molecular formula is C52H34N4. The summed E-state index contributed by atoms with van der Waals surface area (Å²) in [5.41, 5.74) is 12.6. The van der Waals surface area contributed by atoms with Crippen LogP contribution in [0, 0.1) is 0 Å². The summed E-state index contributed by atoms with van der Waals surface area (Å²) in [4.78, 5) is 20.2. The van der Waals surface area contributed by atoms with E-state index in [2.05, 4.69) is 140 Å². The molecule has 4 nitrogen and oxygen atoms in total.